The van der Waals surface area contributed by atoms with Crippen molar-refractivity contribution in [1.82, 2.24) is 0 Å². The molecular weight excluding hydrogens is 336 g/mol. The van der Waals surface area contributed by atoms with Gasteiger partial charge in [-0.15, -0.1) is 0 Å². The smallest absolute Gasteiger partial charge is 0.194 e. The third-order valence-electron chi connectivity index (χ3n) is 4.72. The Morgan fingerprint density at radius 1 is 0.741 bits per heavy atom. The first-order valence-corrected chi connectivity index (χ1v) is 9.07. The lowest BCUT2D eigenvalue weighted by atomic mass is 9.93. The number of aliphatic hydroxyl groups excluding tert-OH is 1. The van der Waals surface area contributed by atoms with Crippen LogP contribution in [0.3, 0.4) is 0 Å². The number of hydrogen-bond acceptors (Lipinski definition) is 3. The molecule has 0 aliphatic carbocycles. The average molecular weight is 356 g/mol. The van der Waals surface area contributed by atoms with E-state index in [1.807, 2.05) is 78.9 Å². The van der Waals surface area contributed by atoms with Gasteiger partial charge in [-0.3, -0.25) is 4.79 Å². The van der Waals surface area contributed by atoms with E-state index in [9.17, 15) is 4.79 Å². The summed E-state index contributed by atoms with van der Waals surface area (Å²) in [6.45, 7) is 0.534. The van der Waals surface area contributed by atoms with E-state index in [1.165, 1.54) is 0 Å². The van der Waals surface area contributed by atoms with Crippen molar-refractivity contribution in [3.05, 3.63) is 90.0 Å². The Balaban J connectivity index is 1.82. The molecule has 4 rings (SSSR count). The molecule has 0 heterocycles. The van der Waals surface area contributed by atoms with Crippen LogP contribution in [0, 0.1) is 0 Å². The van der Waals surface area contributed by atoms with Crippen molar-refractivity contribution in [2.75, 3.05) is 13.2 Å². The van der Waals surface area contributed by atoms with Gasteiger partial charge in [-0.05, 0) is 28.3 Å². The summed E-state index contributed by atoms with van der Waals surface area (Å²) in [4.78, 5) is 13.4. The van der Waals surface area contributed by atoms with Crippen molar-refractivity contribution >= 4 is 27.3 Å². The second-order valence-corrected chi connectivity index (χ2v) is 6.44. The Morgan fingerprint density at radius 3 is 2.22 bits per heavy atom. The summed E-state index contributed by atoms with van der Waals surface area (Å²) in [5.74, 6) is 0.735. The van der Waals surface area contributed by atoms with Crippen molar-refractivity contribution in [2.24, 2.45) is 0 Å². The molecule has 0 aliphatic heterocycles. The van der Waals surface area contributed by atoms with Gasteiger partial charge in [0, 0.05) is 29.5 Å². The highest BCUT2D eigenvalue weighted by Gasteiger charge is 2.16. The van der Waals surface area contributed by atoms with E-state index in [-0.39, 0.29) is 12.4 Å². The molecule has 0 unspecified atom stereocenters. The second kappa shape index (κ2) is 7.60. The first-order valence-electron chi connectivity index (χ1n) is 9.07. The van der Waals surface area contributed by atoms with Gasteiger partial charge in [0.15, 0.2) is 5.78 Å². The van der Waals surface area contributed by atoms with Gasteiger partial charge >= 0.3 is 0 Å². The standard InChI is InChI=1S/C24H20O3/c25-15-6-16-27-23-14-13-22(19-10-3-4-11-20(19)23)24(26)21-12-5-8-17-7-1-2-9-18(17)21/h1-5,7-14,25H,6,15-16H2. The van der Waals surface area contributed by atoms with Crippen molar-refractivity contribution in [3.8, 4) is 5.75 Å². The molecule has 0 spiro atoms. The minimum absolute atomic E-state index is 0.00454. The number of hydrogen-bond donors (Lipinski definition) is 1. The van der Waals surface area contributed by atoms with Crippen molar-refractivity contribution in [1.29, 1.82) is 0 Å². The predicted molar refractivity (Wildman–Crippen MR) is 109 cm³/mol. The minimum Gasteiger partial charge on any atom is -0.493 e. The molecule has 0 aliphatic rings. The Bertz CT molecular complexity index is 1110. The van der Waals surface area contributed by atoms with Crippen LogP contribution in [0.25, 0.3) is 21.5 Å². The lowest BCUT2D eigenvalue weighted by Gasteiger charge is -2.13. The highest BCUT2D eigenvalue weighted by molar-refractivity contribution is 6.21. The number of benzene rings is 4. The van der Waals surface area contributed by atoms with Crippen molar-refractivity contribution in [2.45, 2.75) is 6.42 Å². The summed E-state index contributed by atoms with van der Waals surface area (Å²) in [6.07, 6.45) is 0.574. The van der Waals surface area contributed by atoms with Gasteiger partial charge in [-0.25, -0.2) is 0 Å². The van der Waals surface area contributed by atoms with Crippen molar-refractivity contribution < 1.29 is 14.6 Å². The summed E-state index contributed by atoms with van der Waals surface area (Å²) in [5.41, 5.74) is 1.36. The van der Waals surface area contributed by atoms with Crippen LogP contribution in [0.1, 0.15) is 22.3 Å². The van der Waals surface area contributed by atoms with Crippen LogP contribution in [0.2, 0.25) is 0 Å². The van der Waals surface area contributed by atoms with Gasteiger partial charge in [-0.2, -0.15) is 0 Å². The quantitative estimate of drug-likeness (QED) is 0.391. The van der Waals surface area contributed by atoms with E-state index in [0.29, 0.717) is 24.2 Å². The van der Waals surface area contributed by atoms with Gasteiger partial charge in [0.1, 0.15) is 5.75 Å². The summed E-state index contributed by atoms with van der Waals surface area (Å²) < 4.78 is 5.80. The number of rotatable bonds is 6. The summed E-state index contributed by atoms with van der Waals surface area (Å²) in [6, 6.07) is 25.2. The normalized spacial score (nSPS) is 11.0. The van der Waals surface area contributed by atoms with E-state index < -0.39 is 0 Å². The summed E-state index contributed by atoms with van der Waals surface area (Å²) in [5, 5.41) is 12.7. The maximum Gasteiger partial charge on any atom is 0.194 e. The zero-order valence-electron chi connectivity index (χ0n) is 14.9. The number of fused-ring (bicyclic) bond motifs is 2. The maximum absolute atomic E-state index is 13.4. The maximum atomic E-state index is 13.4. The molecule has 0 radical (unpaired) electrons. The molecule has 4 aromatic carbocycles. The number of carbonyl (C=O) groups excluding carboxylic acids is 1. The van der Waals surface area contributed by atoms with E-state index in [1.54, 1.807) is 0 Å². The molecular formula is C24H20O3. The Hall–Kier alpha value is -3.17. The van der Waals surface area contributed by atoms with Gasteiger partial charge in [-0.1, -0.05) is 66.7 Å². The number of ether oxygens (including phenoxy) is 1. The highest BCUT2D eigenvalue weighted by atomic mass is 16.5. The zero-order valence-corrected chi connectivity index (χ0v) is 14.9. The molecule has 1 N–H and O–H groups in total. The van der Waals surface area contributed by atoms with E-state index in [0.717, 1.165) is 27.3 Å². The van der Waals surface area contributed by atoms with Crippen LogP contribution in [-0.2, 0) is 0 Å². The first kappa shape index (κ1) is 17.3. The van der Waals surface area contributed by atoms with Crippen LogP contribution in [0.15, 0.2) is 78.9 Å². The molecule has 0 saturated carbocycles. The lowest BCUT2D eigenvalue weighted by Crippen LogP contribution is -2.05. The molecule has 134 valence electrons. The van der Waals surface area contributed by atoms with Crippen LogP contribution in [0.4, 0.5) is 0 Å². The van der Waals surface area contributed by atoms with Crippen molar-refractivity contribution in [3.63, 3.8) is 0 Å². The monoisotopic (exact) mass is 356 g/mol. The molecule has 4 aromatic rings. The fourth-order valence-corrected chi connectivity index (χ4v) is 3.41. The predicted octanol–water partition coefficient (Wildman–Crippen LogP) is 4.99. The van der Waals surface area contributed by atoms with Gasteiger partial charge < -0.3 is 9.84 Å². The lowest BCUT2D eigenvalue weighted by molar-refractivity contribution is 0.104. The Morgan fingerprint density at radius 2 is 1.41 bits per heavy atom. The summed E-state index contributed by atoms with van der Waals surface area (Å²) >= 11 is 0. The van der Waals surface area contributed by atoms with Gasteiger partial charge in [0.25, 0.3) is 0 Å². The number of aliphatic hydroxyl groups is 1. The Kier molecular flexibility index (Phi) is 4.86. The molecule has 0 fully saturated rings. The van der Waals surface area contributed by atoms with Crippen LogP contribution in [-0.4, -0.2) is 24.1 Å². The molecule has 27 heavy (non-hydrogen) atoms. The van der Waals surface area contributed by atoms with E-state index in [4.69, 9.17) is 9.84 Å². The highest BCUT2D eigenvalue weighted by Crippen LogP contribution is 2.31. The average Bonchev–Trinajstić information content (AvgIpc) is 2.73. The topological polar surface area (TPSA) is 46.5 Å². The Labute approximate surface area is 157 Å². The fourth-order valence-electron chi connectivity index (χ4n) is 3.41. The van der Waals surface area contributed by atoms with Crippen LogP contribution < -0.4 is 4.74 Å². The largest absolute Gasteiger partial charge is 0.493 e. The molecule has 0 aromatic heterocycles. The van der Waals surface area contributed by atoms with Crippen LogP contribution in [0.5, 0.6) is 5.75 Å². The van der Waals surface area contributed by atoms with Gasteiger partial charge in [0.2, 0.25) is 0 Å². The third kappa shape index (κ3) is 3.29. The number of carbonyl (C=O) groups is 1. The first-order chi connectivity index (χ1) is 13.3. The molecule has 3 nitrogen and oxygen atoms in total. The molecule has 0 amide bonds. The second-order valence-electron chi connectivity index (χ2n) is 6.44. The molecule has 3 heteroatoms. The molecule has 0 saturated heterocycles. The molecule has 0 atom stereocenters. The van der Waals surface area contributed by atoms with Crippen LogP contribution >= 0.6 is 0 Å². The van der Waals surface area contributed by atoms with E-state index in [2.05, 4.69) is 0 Å². The SMILES string of the molecule is O=C(c1cccc2ccccc12)c1ccc(OCCCO)c2ccccc12. The summed E-state index contributed by atoms with van der Waals surface area (Å²) in [7, 11) is 0. The zero-order chi connectivity index (χ0) is 18.6. The third-order valence-corrected chi connectivity index (χ3v) is 4.72. The van der Waals surface area contributed by atoms with E-state index >= 15 is 0 Å². The molecule has 0 bridgehead atoms. The fraction of sp³-hybridized carbons (Fsp3) is 0.125. The van der Waals surface area contributed by atoms with Gasteiger partial charge in [0.05, 0.1) is 6.61 Å². The minimum atomic E-state index is 0.00454. The number of ketones is 1.